The second kappa shape index (κ2) is 8.41. The largest absolute Gasteiger partial charge is 0.207 e. The summed E-state index contributed by atoms with van der Waals surface area (Å²) in [6.07, 6.45) is 5.97. The van der Waals surface area contributed by atoms with E-state index in [2.05, 4.69) is 6.92 Å². The Labute approximate surface area is 174 Å². The monoisotopic (exact) mass is 415 g/mol. The Balaban J connectivity index is 1.59. The Morgan fingerprint density at radius 2 is 1.57 bits per heavy atom. The second-order valence-electron chi connectivity index (χ2n) is 8.76. The fourth-order valence-electron chi connectivity index (χ4n) is 5.33. The van der Waals surface area contributed by atoms with Crippen molar-refractivity contribution in [2.45, 2.75) is 70.1 Å². The first-order valence-electron chi connectivity index (χ1n) is 10.8. The van der Waals surface area contributed by atoms with E-state index in [1.807, 2.05) is 0 Å². The van der Waals surface area contributed by atoms with Gasteiger partial charge in [-0.15, -0.1) is 0 Å². The van der Waals surface area contributed by atoms with Crippen molar-refractivity contribution in [3.05, 3.63) is 69.3 Å². The minimum atomic E-state index is -0.923. The third-order valence-electron chi connectivity index (χ3n) is 7.14. The molecule has 0 heterocycles. The molecule has 1 saturated carbocycles. The van der Waals surface area contributed by atoms with E-state index in [1.54, 1.807) is 6.07 Å². The van der Waals surface area contributed by atoms with Crippen LogP contribution < -0.4 is 0 Å². The lowest BCUT2D eigenvalue weighted by molar-refractivity contribution is 0.317. The van der Waals surface area contributed by atoms with Crippen LogP contribution in [0.5, 0.6) is 0 Å². The number of halogens is 4. The van der Waals surface area contributed by atoms with E-state index < -0.39 is 34.8 Å². The first-order valence-corrected chi connectivity index (χ1v) is 10.8. The highest BCUT2D eigenvalue weighted by Crippen LogP contribution is 2.41. The lowest BCUT2D eigenvalue weighted by Crippen LogP contribution is -2.19. The van der Waals surface area contributed by atoms with E-state index in [0.717, 1.165) is 43.7 Å². The van der Waals surface area contributed by atoms with Crippen molar-refractivity contribution in [2.75, 3.05) is 0 Å². The minimum Gasteiger partial charge on any atom is -0.207 e. The Kier molecular flexibility index (Phi) is 5.86. The van der Waals surface area contributed by atoms with Gasteiger partial charge < -0.3 is 0 Å². The van der Waals surface area contributed by atoms with E-state index >= 15 is 8.78 Å². The smallest absolute Gasteiger partial charge is 0.147 e. The predicted molar refractivity (Wildman–Crippen MR) is 107 cm³/mol. The maximum Gasteiger partial charge on any atom is 0.147 e. The van der Waals surface area contributed by atoms with Gasteiger partial charge in [-0.25, -0.2) is 17.6 Å². The van der Waals surface area contributed by atoms with Gasteiger partial charge in [-0.2, -0.15) is 5.26 Å². The lowest BCUT2D eigenvalue weighted by atomic mass is 9.76. The molecule has 1 atom stereocenters. The molecule has 2 aliphatic rings. The van der Waals surface area contributed by atoms with Crippen LogP contribution in [-0.4, -0.2) is 0 Å². The molecule has 0 N–H and O–H groups in total. The highest BCUT2D eigenvalue weighted by molar-refractivity contribution is 5.44. The summed E-state index contributed by atoms with van der Waals surface area (Å²) in [6.45, 7) is 2.18. The molecule has 0 spiro atoms. The number of fused-ring (bicyclic) bond motifs is 1. The van der Waals surface area contributed by atoms with Gasteiger partial charge in [0.1, 0.15) is 34.9 Å². The third kappa shape index (κ3) is 3.73. The average Bonchev–Trinajstić information content (AvgIpc) is 2.73. The zero-order valence-electron chi connectivity index (χ0n) is 17.1. The summed E-state index contributed by atoms with van der Waals surface area (Å²) in [7, 11) is 0. The number of rotatable bonds is 3. The SMILES string of the molecule is CCC1CCC(c2cc(F)c(C3CCc4c(cc(F)c(C#N)c4F)C3)c(F)c2)CC1. The molecule has 0 aromatic heterocycles. The molecule has 0 amide bonds. The normalized spacial score (nSPS) is 23.7. The lowest BCUT2D eigenvalue weighted by Gasteiger charge is -2.29. The quantitative estimate of drug-likeness (QED) is 0.492. The van der Waals surface area contributed by atoms with Crippen LogP contribution in [-0.2, 0) is 12.8 Å². The third-order valence-corrected chi connectivity index (χ3v) is 7.14. The van der Waals surface area contributed by atoms with Crippen LogP contribution in [0.1, 0.15) is 85.1 Å². The van der Waals surface area contributed by atoms with Crippen LogP contribution >= 0.6 is 0 Å². The highest BCUT2D eigenvalue weighted by atomic mass is 19.1. The van der Waals surface area contributed by atoms with Crippen LogP contribution in [0.15, 0.2) is 18.2 Å². The predicted octanol–water partition coefficient (Wildman–Crippen LogP) is 7.07. The fraction of sp³-hybridized carbons (Fsp3) is 0.480. The molecular formula is C25H25F4N. The molecule has 1 nitrogen and oxygen atoms in total. The zero-order chi connectivity index (χ0) is 21.4. The van der Waals surface area contributed by atoms with Crippen LogP contribution in [0.4, 0.5) is 17.6 Å². The summed E-state index contributed by atoms with van der Waals surface area (Å²) in [5.41, 5.74) is 0.814. The minimum absolute atomic E-state index is 0.0109. The van der Waals surface area contributed by atoms with E-state index in [1.165, 1.54) is 12.1 Å². The van der Waals surface area contributed by atoms with Crippen molar-refractivity contribution in [3.8, 4) is 6.07 Å². The van der Waals surface area contributed by atoms with Crippen LogP contribution in [0.2, 0.25) is 0 Å². The van der Waals surface area contributed by atoms with E-state index in [4.69, 9.17) is 5.26 Å². The van der Waals surface area contributed by atoms with Gasteiger partial charge in [0.25, 0.3) is 0 Å². The number of benzene rings is 2. The Morgan fingerprint density at radius 1 is 0.900 bits per heavy atom. The zero-order valence-corrected chi connectivity index (χ0v) is 17.1. The number of hydrogen-bond donors (Lipinski definition) is 0. The van der Waals surface area contributed by atoms with Gasteiger partial charge >= 0.3 is 0 Å². The van der Waals surface area contributed by atoms with Crippen molar-refractivity contribution in [3.63, 3.8) is 0 Å². The van der Waals surface area contributed by atoms with Gasteiger partial charge in [0.2, 0.25) is 0 Å². The Bertz CT molecular complexity index is 976. The molecule has 158 valence electrons. The molecule has 0 saturated heterocycles. The molecule has 0 radical (unpaired) electrons. The first kappa shape index (κ1) is 20.9. The number of nitriles is 1. The summed E-state index contributed by atoms with van der Waals surface area (Å²) in [5, 5.41) is 8.94. The van der Waals surface area contributed by atoms with Gasteiger partial charge in [0, 0.05) is 5.56 Å². The number of hydrogen-bond acceptors (Lipinski definition) is 1. The molecule has 0 aliphatic heterocycles. The average molecular weight is 415 g/mol. The molecule has 2 aliphatic carbocycles. The van der Waals surface area contributed by atoms with E-state index in [-0.39, 0.29) is 29.9 Å². The van der Waals surface area contributed by atoms with Gasteiger partial charge in [-0.1, -0.05) is 13.3 Å². The highest BCUT2D eigenvalue weighted by Gasteiger charge is 2.30. The van der Waals surface area contributed by atoms with Crippen molar-refractivity contribution in [2.24, 2.45) is 5.92 Å². The van der Waals surface area contributed by atoms with Crippen molar-refractivity contribution < 1.29 is 17.6 Å². The molecule has 30 heavy (non-hydrogen) atoms. The van der Waals surface area contributed by atoms with Crippen molar-refractivity contribution >= 4 is 0 Å². The summed E-state index contributed by atoms with van der Waals surface area (Å²) in [6, 6.07) is 5.61. The van der Waals surface area contributed by atoms with Gasteiger partial charge in [0.05, 0.1) is 0 Å². The van der Waals surface area contributed by atoms with Crippen LogP contribution in [0.3, 0.4) is 0 Å². The fourth-order valence-corrected chi connectivity index (χ4v) is 5.33. The van der Waals surface area contributed by atoms with Crippen molar-refractivity contribution in [1.29, 1.82) is 5.26 Å². The van der Waals surface area contributed by atoms with E-state index in [0.29, 0.717) is 17.9 Å². The summed E-state index contributed by atoms with van der Waals surface area (Å²) in [4.78, 5) is 0. The molecule has 0 bridgehead atoms. The first-order chi connectivity index (χ1) is 14.4. The summed E-state index contributed by atoms with van der Waals surface area (Å²) in [5.74, 6) is -2.48. The summed E-state index contributed by atoms with van der Waals surface area (Å²) >= 11 is 0. The Hall–Kier alpha value is -2.35. The maximum absolute atomic E-state index is 15.0. The van der Waals surface area contributed by atoms with Crippen molar-refractivity contribution in [1.82, 2.24) is 0 Å². The topological polar surface area (TPSA) is 23.8 Å². The van der Waals surface area contributed by atoms with Crippen LogP contribution in [0.25, 0.3) is 0 Å². The number of nitrogens with zero attached hydrogens (tertiary/aromatic N) is 1. The molecular weight excluding hydrogens is 390 g/mol. The molecule has 1 fully saturated rings. The van der Waals surface area contributed by atoms with Gasteiger partial charge in [-0.05, 0) is 97.6 Å². The molecule has 1 unspecified atom stereocenters. The van der Waals surface area contributed by atoms with Gasteiger partial charge in [0.15, 0.2) is 0 Å². The standard InChI is InChI=1S/C25H25F4N/c1-2-14-3-5-15(6-4-14)17-10-22(27)24(23(28)11-17)16-7-8-19-18(9-16)12-21(26)20(13-30)25(19)29/h10-12,14-16H,2-9H2,1H3. The summed E-state index contributed by atoms with van der Waals surface area (Å²) < 4.78 is 58.5. The van der Waals surface area contributed by atoms with Crippen LogP contribution in [0, 0.1) is 40.5 Å². The maximum atomic E-state index is 15.0. The molecule has 2 aromatic rings. The van der Waals surface area contributed by atoms with Gasteiger partial charge in [-0.3, -0.25) is 0 Å². The molecule has 4 rings (SSSR count). The Morgan fingerprint density at radius 3 is 2.17 bits per heavy atom. The second-order valence-corrected chi connectivity index (χ2v) is 8.76. The molecule has 5 heteroatoms. The molecule has 2 aromatic carbocycles. The van der Waals surface area contributed by atoms with E-state index in [9.17, 15) is 8.78 Å².